The highest BCUT2D eigenvalue weighted by atomic mass is 16.5. The monoisotopic (exact) mass is 276 g/mol. The summed E-state index contributed by atoms with van der Waals surface area (Å²) in [5.41, 5.74) is 1.11. The maximum Gasteiger partial charge on any atom is 0.253 e. The quantitative estimate of drug-likeness (QED) is 0.921. The van der Waals surface area contributed by atoms with Crippen molar-refractivity contribution >= 4 is 17.5 Å². The van der Waals surface area contributed by atoms with Gasteiger partial charge < -0.3 is 15.0 Å². The van der Waals surface area contributed by atoms with E-state index in [1.807, 2.05) is 4.90 Å². The SMILES string of the molecule is COc1ccc(C(=O)N2CCCCC2)cc1NC(C)=O. The number of hydrogen-bond donors (Lipinski definition) is 1. The molecule has 1 heterocycles. The number of ether oxygens (including phenoxy) is 1. The Morgan fingerprint density at radius 2 is 1.90 bits per heavy atom. The molecule has 1 fully saturated rings. The van der Waals surface area contributed by atoms with Gasteiger partial charge in [0.25, 0.3) is 5.91 Å². The minimum atomic E-state index is -0.189. The highest BCUT2D eigenvalue weighted by molar-refractivity contribution is 5.98. The second-order valence-corrected chi connectivity index (χ2v) is 4.95. The molecule has 0 spiro atoms. The predicted octanol–water partition coefficient (Wildman–Crippen LogP) is 2.28. The number of benzene rings is 1. The minimum Gasteiger partial charge on any atom is -0.495 e. The fourth-order valence-electron chi connectivity index (χ4n) is 2.41. The molecule has 108 valence electrons. The van der Waals surface area contributed by atoms with Gasteiger partial charge in [-0.3, -0.25) is 9.59 Å². The zero-order chi connectivity index (χ0) is 14.5. The third-order valence-corrected chi connectivity index (χ3v) is 3.40. The number of rotatable bonds is 3. The summed E-state index contributed by atoms with van der Waals surface area (Å²) in [6.07, 6.45) is 3.30. The molecule has 2 amide bonds. The number of piperidine rings is 1. The molecule has 0 unspecified atom stereocenters. The molecule has 0 atom stereocenters. The van der Waals surface area contributed by atoms with E-state index in [0.29, 0.717) is 17.0 Å². The summed E-state index contributed by atoms with van der Waals surface area (Å²) in [6.45, 7) is 3.04. The van der Waals surface area contributed by atoms with E-state index in [4.69, 9.17) is 4.74 Å². The summed E-state index contributed by atoms with van der Waals surface area (Å²) in [5.74, 6) is 0.375. The Morgan fingerprint density at radius 3 is 2.50 bits per heavy atom. The Balaban J connectivity index is 2.22. The van der Waals surface area contributed by atoms with Crippen molar-refractivity contribution in [3.05, 3.63) is 23.8 Å². The second-order valence-electron chi connectivity index (χ2n) is 4.95. The fourth-order valence-corrected chi connectivity index (χ4v) is 2.41. The number of anilines is 1. The average molecular weight is 276 g/mol. The van der Waals surface area contributed by atoms with Crippen LogP contribution in [-0.2, 0) is 4.79 Å². The van der Waals surface area contributed by atoms with Crippen LogP contribution in [0.1, 0.15) is 36.5 Å². The molecule has 1 aliphatic rings. The van der Waals surface area contributed by atoms with Crippen LogP contribution >= 0.6 is 0 Å². The van der Waals surface area contributed by atoms with E-state index in [-0.39, 0.29) is 11.8 Å². The summed E-state index contributed by atoms with van der Waals surface area (Å²) in [7, 11) is 1.53. The number of methoxy groups -OCH3 is 1. The van der Waals surface area contributed by atoms with Crippen molar-refractivity contribution in [2.45, 2.75) is 26.2 Å². The molecule has 0 aromatic heterocycles. The highest BCUT2D eigenvalue weighted by Gasteiger charge is 2.19. The molecule has 1 saturated heterocycles. The molecule has 0 aliphatic carbocycles. The van der Waals surface area contributed by atoms with Crippen molar-refractivity contribution in [3.8, 4) is 5.75 Å². The molecule has 5 nitrogen and oxygen atoms in total. The molecule has 0 bridgehead atoms. The van der Waals surface area contributed by atoms with Crippen LogP contribution < -0.4 is 10.1 Å². The molecule has 1 aliphatic heterocycles. The lowest BCUT2D eigenvalue weighted by atomic mass is 10.1. The van der Waals surface area contributed by atoms with Crippen LogP contribution in [0.2, 0.25) is 0 Å². The maximum absolute atomic E-state index is 12.4. The first-order valence-corrected chi connectivity index (χ1v) is 6.86. The Bertz CT molecular complexity index is 508. The number of hydrogen-bond acceptors (Lipinski definition) is 3. The molecule has 1 aromatic carbocycles. The van der Waals surface area contributed by atoms with E-state index < -0.39 is 0 Å². The molecular weight excluding hydrogens is 256 g/mol. The maximum atomic E-state index is 12.4. The van der Waals surface area contributed by atoms with E-state index in [9.17, 15) is 9.59 Å². The Hall–Kier alpha value is -2.04. The number of carbonyl (C=O) groups is 2. The van der Waals surface area contributed by atoms with Crippen LogP contribution in [-0.4, -0.2) is 36.9 Å². The van der Waals surface area contributed by atoms with Gasteiger partial charge in [0, 0.05) is 25.6 Å². The van der Waals surface area contributed by atoms with E-state index >= 15 is 0 Å². The van der Waals surface area contributed by atoms with E-state index in [2.05, 4.69) is 5.32 Å². The van der Waals surface area contributed by atoms with Gasteiger partial charge in [0.05, 0.1) is 12.8 Å². The average Bonchev–Trinajstić information content (AvgIpc) is 2.46. The Kier molecular flexibility index (Phi) is 4.61. The van der Waals surface area contributed by atoms with E-state index in [0.717, 1.165) is 25.9 Å². The van der Waals surface area contributed by atoms with Crippen LogP contribution in [0, 0.1) is 0 Å². The molecular formula is C15H20N2O3. The van der Waals surface area contributed by atoms with Gasteiger partial charge in [-0.15, -0.1) is 0 Å². The van der Waals surface area contributed by atoms with Gasteiger partial charge >= 0.3 is 0 Å². The lowest BCUT2D eigenvalue weighted by molar-refractivity contribution is -0.114. The van der Waals surface area contributed by atoms with Gasteiger partial charge in [-0.2, -0.15) is 0 Å². The van der Waals surface area contributed by atoms with Gasteiger partial charge in [-0.1, -0.05) is 0 Å². The smallest absolute Gasteiger partial charge is 0.253 e. The zero-order valence-electron chi connectivity index (χ0n) is 11.9. The van der Waals surface area contributed by atoms with Crippen LogP contribution in [0.5, 0.6) is 5.75 Å². The molecule has 2 rings (SSSR count). The highest BCUT2D eigenvalue weighted by Crippen LogP contribution is 2.26. The van der Waals surface area contributed by atoms with Crippen molar-refractivity contribution in [2.24, 2.45) is 0 Å². The number of nitrogens with zero attached hydrogens (tertiary/aromatic N) is 1. The van der Waals surface area contributed by atoms with Crippen molar-refractivity contribution in [1.82, 2.24) is 4.90 Å². The first-order chi connectivity index (χ1) is 9.61. The number of carbonyl (C=O) groups excluding carboxylic acids is 2. The molecule has 0 radical (unpaired) electrons. The molecule has 1 aromatic rings. The van der Waals surface area contributed by atoms with Gasteiger partial charge in [0.15, 0.2) is 0 Å². The van der Waals surface area contributed by atoms with Crippen molar-refractivity contribution < 1.29 is 14.3 Å². The lowest BCUT2D eigenvalue weighted by Gasteiger charge is -2.27. The predicted molar refractivity (Wildman–Crippen MR) is 77.1 cm³/mol. The lowest BCUT2D eigenvalue weighted by Crippen LogP contribution is -2.35. The van der Waals surface area contributed by atoms with Crippen molar-refractivity contribution in [3.63, 3.8) is 0 Å². The molecule has 1 N–H and O–H groups in total. The third-order valence-electron chi connectivity index (χ3n) is 3.40. The number of likely N-dealkylation sites (tertiary alicyclic amines) is 1. The topological polar surface area (TPSA) is 58.6 Å². The van der Waals surface area contributed by atoms with E-state index in [1.54, 1.807) is 18.2 Å². The van der Waals surface area contributed by atoms with Gasteiger partial charge in [0.2, 0.25) is 5.91 Å². The van der Waals surface area contributed by atoms with Crippen molar-refractivity contribution in [2.75, 3.05) is 25.5 Å². The number of amides is 2. The molecule has 5 heteroatoms. The van der Waals surface area contributed by atoms with Crippen molar-refractivity contribution in [1.29, 1.82) is 0 Å². The van der Waals surface area contributed by atoms with Gasteiger partial charge in [0.1, 0.15) is 5.75 Å². The summed E-state index contributed by atoms with van der Waals surface area (Å²) < 4.78 is 5.19. The Labute approximate surface area is 118 Å². The van der Waals surface area contributed by atoms with Gasteiger partial charge in [-0.25, -0.2) is 0 Å². The van der Waals surface area contributed by atoms with Crippen LogP contribution in [0.3, 0.4) is 0 Å². The van der Waals surface area contributed by atoms with E-state index in [1.165, 1.54) is 20.5 Å². The Morgan fingerprint density at radius 1 is 1.20 bits per heavy atom. The third kappa shape index (κ3) is 3.29. The largest absolute Gasteiger partial charge is 0.495 e. The van der Waals surface area contributed by atoms with Gasteiger partial charge in [-0.05, 0) is 37.5 Å². The summed E-state index contributed by atoms with van der Waals surface area (Å²) in [5, 5.41) is 2.69. The summed E-state index contributed by atoms with van der Waals surface area (Å²) in [4.78, 5) is 25.5. The minimum absolute atomic E-state index is 0.0129. The normalized spacial score (nSPS) is 14.8. The van der Waals surface area contributed by atoms with Crippen LogP contribution in [0.4, 0.5) is 5.69 Å². The summed E-state index contributed by atoms with van der Waals surface area (Å²) in [6, 6.07) is 5.13. The second kappa shape index (κ2) is 6.41. The van der Waals surface area contributed by atoms with Crippen LogP contribution in [0.15, 0.2) is 18.2 Å². The first-order valence-electron chi connectivity index (χ1n) is 6.86. The first kappa shape index (κ1) is 14.4. The van der Waals surface area contributed by atoms with Crippen LogP contribution in [0.25, 0.3) is 0 Å². The summed E-state index contributed by atoms with van der Waals surface area (Å²) >= 11 is 0. The molecule has 20 heavy (non-hydrogen) atoms. The molecule has 0 saturated carbocycles. The standard InChI is InChI=1S/C15H20N2O3/c1-11(18)16-13-10-12(6-7-14(13)20-2)15(19)17-8-4-3-5-9-17/h6-7,10H,3-5,8-9H2,1-2H3,(H,16,18). The number of nitrogens with one attached hydrogen (secondary N) is 1. The fraction of sp³-hybridized carbons (Fsp3) is 0.467. The zero-order valence-corrected chi connectivity index (χ0v) is 11.9.